The van der Waals surface area contributed by atoms with Crippen LogP contribution < -0.4 is 5.56 Å². The SMILES string of the molecule is Cc1cccc2c(=O)n(CC(=O)N(Cc3ccc(Cl)c(Cl)c3)C(C)C)cnc12. The van der Waals surface area contributed by atoms with Gasteiger partial charge < -0.3 is 4.90 Å². The minimum Gasteiger partial charge on any atom is -0.334 e. The summed E-state index contributed by atoms with van der Waals surface area (Å²) in [6.07, 6.45) is 1.44. The Morgan fingerprint density at radius 3 is 2.61 bits per heavy atom. The third kappa shape index (κ3) is 4.21. The highest BCUT2D eigenvalue weighted by Crippen LogP contribution is 2.23. The predicted molar refractivity (Wildman–Crippen MR) is 113 cm³/mol. The number of benzene rings is 2. The van der Waals surface area contributed by atoms with Gasteiger partial charge in [0.05, 0.1) is 27.3 Å². The van der Waals surface area contributed by atoms with Crippen molar-refractivity contribution in [2.45, 2.75) is 39.9 Å². The predicted octanol–water partition coefficient (Wildman–Crippen LogP) is 4.45. The number of fused-ring (bicyclic) bond motifs is 1. The third-order valence-corrected chi connectivity index (χ3v) is 5.38. The molecule has 1 aromatic heterocycles. The molecule has 3 rings (SSSR count). The minimum atomic E-state index is -0.222. The van der Waals surface area contributed by atoms with E-state index in [0.29, 0.717) is 27.5 Å². The van der Waals surface area contributed by atoms with Crippen LogP contribution in [0.25, 0.3) is 10.9 Å². The van der Waals surface area contributed by atoms with Crippen LogP contribution in [-0.2, 0) is 17.9 Å². The van der Waals surface area contributed by atoms with Crippen molar-refractivity contribution in [3.8, 4) is 0 Å². The Bertz CT molecular complexity index is 1090. The molecule has 3 aromatic rings. The molecule has 0 saturated heterocycles. The van der Waals surface area contributed by atoms with Gasteiger partial charge in [0.1, 0.15) is 6.54 Å². The molecule has 1 heterocycles. The smallest absolute Gasteiger partial charge is 0.261 e. The van der Waals surface area contributed by atoms with E-state index < -0.39 is 0 Å². The van der Waals surface area contributed by atoms with Gasteiger partial charge in [0.15, 0.2) is 0 Å². The first-order valence-electron chi connectivity index (χ1n) is 8.96. The highest BCUT2D eigenvalue weighted by atomic mass is 35.5. The Morgan fingerprint density at radius 2 is 1.93 bits per heavy atom. The molecule has 7 heteroatoms. The zero-order valence-corrected chi connectivity index (χ0v) is 17.5. The van der Waals surface area contributed by atoms with Crippen molar-refractivity contribution < 1.29 is 4.79 Å². The largest absolute Gasteiger partial charge is 0.334 e. The average molecular weight is 418 g/mol. The lowest BCUT2D eigenvalue weighted by Gasteiger charge is -2.27. The second kappa shape index (κ2) is 8.33. The highest BCUT2D eigenvalue weighted by molar-refractivity contribution is 6.42. The molecule has 0 saturated carbocycles. The van der Waals surface area contributed by atoms with E-state index in [0.717, 1.165) is 11.1 Å². The van der Waals surface area contributed by atoms with Crippen LogP contribution in [0.15, 0.2) is 47.5 Å². The van der Waals surface area contributed by atoms with Crippen LogP contribution in [0.5, 0.6) is 0 Å². The van der Waals surface area contributed by atoms with Crippen LogP contribution in [-0.4, -0.2) is 26.4 Å². The second-order valence-corrected chi connectivity index (χ2v) is 7.83. The number of aromatic nitrogens is 2. The monoisotopic (exact) mass is 417 g/mol. The van der Waals surface area contributed by atoms with Gasteiger partial charge in [0, 0.05) is 12.6 Å². The molecule has 0 aliphatic rings. The summed E-state index contributed by atoms with van der Waals surface area (Å²) in [7, 11) is 0. The third-order valence-electron chi connectivity index (χ3n) is 4.64. The van der Waals surface area contributed by atoms with Crippen LogP contribution in [0, 0.1) is 6.92 Å². The van der Waals surface area contributed by atoms with E-state index in [9.17, 15) is 9.59 Å². The zero-order chi connectivity index (χ0) is 20.4. The van der Waals surface area contributed by atoms with Crippen molar-refractivity contribution in [3.63, 3.8) is 0 Å². The molecule has 0 aliphatic carbocycles. The number of halogens is 2. The molecule has 0 bridgehead atoms. The molecule has 146 valence electrons. The molecule has 28 heavy (non-hydrogen) atoms. The number of nitrogens with zero attached hydrogens (tertiary/aromatic N) is 3. The van der Waals surface area contributed by atoms with Crippen molar-refractivity contribution in [3.05, 3.63) is 74.3 Å². The van der Waals surface area contributed by atoms with Gasteiger partial charge >= 0.3 is 0 Å². The summed E-state index contributed by atoms with van der Waals surface area (Å²) in [6, 6.07) is 10.7. The highest BCUT2D eigenvalue weighted by Gasteiger charge is 2.19. The molecule has 0 unspecified atom stereocenters. The molecule has 0 spiro atoms. The number of rotatable bonds is 5. The Balaban J connectivity index is 1.86. The lowest BCUT2D eigenvalue weighted by atomic mass is 10.1. The van der Waals surface area contributed by atoms with E-state index >= 15 is 0 Å². The van der Waals surface area contributed by atoms with Gasteiger partial charge in [-0.25, -0.2) is 4.98 Å². The summed E-state index contributed by atoms with van der Waals surface area (Å²) in [5, 5.41) is 1.42. The van der Waals surface area contributed by atoms with Gasteiger partial charge in [0.25, 0.3) is 5.56 Å². The number of amides is 1. The van der Waals surface area contributed by atoms with Gasteiger partial charge in [0.2, 0.25) is 5.91 Å². The van der Waals surface area contributed by atoms with Gasteiger partial charge in [-0.1, -0.05) is 41.4 Å². The molecule has 0 atom stereocenters. The lowest BCUT2D eigenvalue weighted by molar-refractivity contribution is -0.134. The Hall–Kier alpha value is -2.37. The number of para-hydroxylation sites is 1. The molecule has 0 aliphatic heterocycles. The summed E-state index contributed by atoms with van der Waals surface area (Å²) in [5.74, 6) is -0.169. The first kappa shape index (κ1) is 20.4. The summed E-state index contributed by atoms with van der Waals surface area (Å²) in [4.78, 5) is 31.8. The fraction of sp³-hybridized carbons (Fsp3) is 0.286. The number of carbonyl (C=O) groups is 1. The molecule has 0 fully saturated rings. The van der Waals surface area contributed by atoms with Gasteiger partial charge in [-0.05, 0) is 50.1 Å². The summed E-state index contributed by atoms with van der Waals surface area (Å²) in [5.41, 5.74) is 2.24. The number of aryl methyl sites for hydroxylation is 1. The fourth-order valence-corrected chi connectivity index (χ4v) is 3.40. The van der Waals surface area contributed by atoms with Crippen molar-refractivity contribution in [2.24, 2.45) is 0 Å². The topological polar surface area (TPSA) is 55.2 Å². The second-order valence-electron chi connectivity index (χ2n) is 7.01. The molecular weight excluding hydrogens is 397 g/mol. The average Bonchev–Trinajstić information content (AvgIpc) is 2.65. The Morgan fingerprint density at radius 1 is 1.18 bits per heavy atom. The Labute approximate surface area is 173 Å². The van der Waals surface area contributed by atoms with Crippen LogP contribution in [0.4, 0.5) is 0 Å². The first-order chi connectivity index (χ1) is 13.3. The van der Waals surface area contributed by atoms with E-state index in [-0.39, 0.29) is 24.1 Å². The normalized spacial score (nSPS) is 11.2. The van der Waals surface area contributed by atoms with E-state index in [2.05, 4.69) is 4.98 Å². The van der Waals surface area contributed by atoms with E-state index in [1.165, 1.54) is 10.9 Å². The summed E-state index contributed by atoms with van der Waals surface area (Å²) in [6.45, 7) is 6.07. The molecule has 0 N–H and O–H groups in total. The number of hydrogen-bond donors (Lipinski definition) is 0. The van der Waals surface area contributed by atoms with Crippen molar-refractivity contribution >= 4 is 40.0 Å². The lowest BCUT2D eigenvalue weighted by Crippen LogP contribution is -2.40. The van der Waals surface area contributed by atoms with Crippen LogP contribution in [0.3, 0.4) is 0 Å². The van der Waals surface area contributed by atoms with Gasteiger partial charge in [-0.15, -0.1) is 0 Å². The standard InChI is InChI=1S/C21H21Cl2N3O2/c1-13(2)26(10-15-7-8-17(22)18(23)9-15)19(27)11-25-12-24-20-14(3)5-4-6-16(20)21(25)28/h4-9,12-13H,10-11H2,1-3H3. The maximum Gasteiger partial charge on any atom is 0.261 e. The molecular formula is C21H21Cl2N3O2. The summed E-state index contributed by atoms with van der Waals surface area (Å²) < 4.78 is 1.36. The molecule has 2 aromatic carbocycles. The van der Waals surface area contributed by atoms with Crippen LogP contribution in [0.1, 0.15) is 25.0 Å². The van der Waals surface area contributed by atoms with E-state index in [1.807, 2.05) is 39.0 Å². The Kier molecular flexibility index (Phi) is 6.06. The summed E-state index contributed by atoms with van der Waals surface area (Å²) >= 11 is 12.1. The maximum atomic E-state index is 12.9. The van der Waals surface area contributed by atoms with Crippen molar-refractivity contribution in [1.82, 2.24) is 14.5 Å². The van der Waals surface area contributed by atoms with Gasteiger partial charge in [-0.3, -0.25) is 14.2 Å². The van der Waals surface area contributed by atoms with Crippen molar-refractivity contribution in [1.29, 1.82) is 0 Å². The quantitative estimate of drug-likeness (QED) is 0.615. The van der Waals surface area contributed by atoms with Crippen LogP contribution >= 0.6 is 23.2 Å². The zero-order valence-electron chi connectivity index (χ0n) is 15.9. The van der Waals surface area contributed by atoms with Crippen LogP contribution in [0.2, 0.25) is 10.0 Å². The van der Waals surface area contributed by atoms with E-state index in [1.54, 1.807) is 23.1 Å². The maximum absolute atomic E-state index is 12.9. The minimum absolute atomic E-state index is 0.0479. The molecule has 1 amide bonds. The number of carbonyl (C=O) groups excluding carboxylic acids is 1. The first-order valence-corrected chi connectivity index (χ1v) is 9.71. The molecule has 0 radical (unpaired) electrons. The van der Waals surface area contributed by atoms with Crippen molar-refractivity contribution in [2.75, 3.05) is 0 Å². The molecule has 5 nitrogen and oxygen atoms in total. The number of hydrogen-bond acceptors (Lipinski definition) is 3. The van der Waals surface area contributed by atoms with Gasteiger partial charge in [-0.2, -0.15) is 0 Å². The van der Waals surface area contributed by atoms with E-state index in [4.69, 9.17) is 23.2 Å². The fourth-order valence-electron chi connectivity index (χ4n) is 3.08.